The summed E-state index contributed by atoms with van der Waals surface area (Å²) in [5, 5.41) is 3.31. The summed E-state index contributed by atoms with van der Waals surface area (Å²) < 4.78 is 22.9. The van der Waals surface area contributed by atoms with Crippen LogP contribution in [0, 0.1) is 0 Å². The van der Waals surface area contributed by atoms with E-state index in [1.807, 2.05) is 31.2 Å². The zero-order valence-electron chi connectivity index (χ0n) is 9.94. The molecule has 3 N–H and O–H groups in total. The summed E-state index contributed by atoms with van der Waals surface area (Å²) in [5.74, 6) is 0.494. The highest BCUT2D eigenvalue weighted by Crippen LogP contribution is 2.23. The summed E-state index contributed by atoms with van der Waals surface area (Å²) in [6, 6.07) is 7.63. The molecule has 2 rings (SSSR count). The van der Waals surface area contributed by atoms with Gasteiger partial charge in [-0.1, -0.05) is 18.2 Å². The van der Waals surface area contributed by atoms with Gasteiger partial charge in [0, 0.05) is 17.8 Å². The van der Waals surface area contributed by atoms with E-state index in [0.717, 1.165) is 11.3 Å². The Hall–Kier alpha value is -1.07. The number of anilines is 1. The topological polar surface area (TPSA) is 72.2 Å². The highest BCUT2D eigenvalue weighted by atomic mass is 32.2. The maximum atomic E-state index is 11.5. The predicted molar refractivity (Wildman–Crippen MR) is 69.4 cm³/mol. The monoisotopic (exact) mass is 254 g/mol. The molecule has 1 aliphatic heterocycles. The summed E-state index contributed by atoms with van der Waals surface area (Å²) in [7, 11) is -2.86. The molecule has 4 nitrogen and oxygen atoms in total. The largest absolute Gasteiger partial charge is 0.398 e. The zero-order chi connectivity index (χ0) is 12.5. The Labute approximate surface area is 102 Å². The number of nitrogen functional groups attached to an aromatic ring is 1. The number of nitrogens with one attached hydrogen (secondary N) is 1. The molecule has 1 aliphatic rings. The van der Waals surface area contributed by atoms with E-state index in [1.165, 1.54) is 0 Å². The van der Waals surface area contributed by atoms with Crippen LogP contribution in [-0.2, 0) is 16.4 Å². The Morgan fingerprint density at radius 3 is 2.71 bits per heavy atom. The van der Waals surface area contributed by atoms with E-state index in [-0.39, 0.29) is 17.0 Å². The highest BCUT2D eigenvalue weighted by molar-refractivity contribution is 7.91. The minimum absolute atomic E-state index is 0.215. The van der Waals surface area contributed by atoms with Gasteiger partial charge < -0.3 is 11.1 Å². The van der Waals surface area contributed by atoms with Gasteiger partial charge in [-0.15, -0.1) is 0 Å². The zero-order valence-corrected chi connectivity index (χ0v) is 10.8. The average Bonchev–Trinajstić information content (AvgIpc) is 2.53. The molecule has 0 amide bonds. The number of benzene rings is 1. The molecule has 1 unspecified atom stereocenters. The molecular weight excluding hydrogens is 236 g/mol. The third-order valence-corrected chi connectivity index (χ3v) is 5.17. The second-order valence-electron chi connectivity index (χ2n) is 4.96. The van der Waals surface area contributed by atoms with Gasteiger partial charge in [0.25, 0.3) is 0 Å². The molecule has 5 heteroatoms. The van der Waals surface area contributed by atoms with Gasteiger partial charge in [-0.25, -0.2) is 8.42 Å². The lowest BCUT2D eigenvalue weighted by atomic mass is 10.0. The molecule has 1 aromatic rings. The first kappa shape index (κ1) is 12.4. The van der Waals surface area contributed by atoms with Crippen molar-refractivity contribution < 1.29 is 8.42 Å². The first-order chi connectivity index (χ1) is 7.90. The van der Waals surface area contributed by atoms with Crippen molar-refractivity contribution in [3.8, 4) is 0 Å². The molecule has 0 saturated carbocycles. The molecule has 0 aliphatic carbocycles. The second kappa shape index (κ2) is 4.31. The quantitative estimate of drug-likeness (QED) is 0.787. The van der Waals surface area contributed by atoms with E-state index in [2.05, 4.69) is 5.32 Å². The molecule has 1 atom stereocenters. The van der Waals surface area contributed by atoms with E-state index in [0.29, 0.717) is 13.0 Å². The molecular formula is C12H18N2O2S. The van der Waals surface area contributed by atoms with Gasteiger partial charge >= 0.3 is 0 Å². The SMILES string of the molecule is CC1(NCc2ccccc2N)CCS(=O)(=O)C1. The maximum absolute atomic E-state index is 11.5. The second-order valence-corrected chi connectivity index (χ2v) is 7.14. The van der Waals surface area contributed by atoms with Crippen LogP contribution in [0.4, 0.5) is 5.69 Å². The lowest BCUT2D eigenvalue weighted by Crippen LogP contribution is -2.42. The van der Waals surface area contributed by atoms with Crippen LogP contribution in [0.2, 0.25) is 0 Å². The number of hydrogen-bond donors (Lipinski definition) is 2. The number of rotatable bonds is 3. The van der Waals surface area contributed by atoms with Gasteiger partial charge in [-0.2, -0.15) is 0 Å². The van der Waals surface area contributed by atoms with Gasteiger partial charge in [0.15, 0.2) is 9.84 Å². The van der Waals surface area contributed by atoms with E-state index < -0.39 is 9.84 Å². The summed E-state index contributed by atoms with van der Waals surface area (Å²) in [4.78, 5) is 0. The molecule has 94 valence electrons. The molecule has 1 aromatic carbocycles. The van der Waals surface area contributed by atoms with Crippen LogP contribution in [0.15, 0.2) is 24.3 Å². The third-order valence-electron chi connectivity index (χ3n) is 3.26. The number of sulfone groups is 1. The highest BCUT2D eigenvalue weighted by Gasteiger charge is 2.37. The summed E-state index contributed by atoms with van der Waals surface area (Å²) >= 11 is 0. The van der Waals surface area contributed by atoms with E-state index >= 15 is 0 Å². The molecule has 1 saturated heterocycles. The van der Waals surface area contributed by atoms with Crippen LogP contribution >= 0.6 is 0 Å². The normalized spacial score (nSPS) is 27.1. The van der Waals surface area contributed by atoms with Gasteiger partial charge in [0.2, 0.25) is 0 Å². The van der Waals surface area contributed by atoms with Crippen molar-refractivity contribution in [2.75, 3.05) is 17.2 Å². The van der Waals surface area contributed by atoms with Gasteiger partial charge in [0.1, 0.15) is 0 Å². The van der Waals surface area contributed by atoms with Crippen molar-refractivity contribution >= 4 is 15.5 Å². The van der Waals surface area contributed by atoms with Crippen LogP contribution < -0.4 is 11.1 Å². The lowest BCUT2D eigenvalue weighted by Gasteiger charge is -2.24. The molecule has 1 heterocycles. The van der Waals surface area contributed by atoms with Crippen molar-refractivity contribution in [3.63, 3.8) is 0 Å². The summed E-state index contributed by atoms with van der Waals surface area (Å²) in [6.45, 7) is 2.56. The number of para-hydroxylation sites is 1. The van der Waals surface area contributed by atoms with Gasteiger partial charge in [-0.05, 0) is 25.0 Å². The summed E-state index contributed by atoms with van der Waals surface area (Å²) in [6.07, 6.45) is 0.669. The molecule has 1 fully saturated rings. The fraction of sp³-hybridized carbons (Fsp3) is 0.500. The summed E-state index contributed by atoms with van der Waals surface area (Å²) in [5.41, 5.74) is 7.28. The van der Waals surface area contributed by atoms with Crippen molar-refractivity contribution in [1.29, 1.82) is 0 Å². The first-order valence-corrected chi connectivity index (χ1v) is 7.51. The van der Waals surface area contributed by atoms with Crippen molar-refractivity contribution in [1.82, 2.24) is 5.32 Å². The number of nitrogens with two attached hydrogens (primary N) is 1. The van der Waals surface area contributed by atoms with Gasteiger partial charge in [-0.3, -0.25) is 0 Å². The number of hydrogen-bond acceptors (Lipinski definition) is 4. The van der Waals surface area contributed by atoms with E-state index in [9.17, 15) is 8.42 Å². The smallest absolute Gasteiger partial charge is 0.152 e. The standard InChI is InChI=1S/C12H18N2O2S/c1-12(6-7-17(15,16)9-12)14-8-10-4-2-3-5-11(10)13/h2-5,14H,6-9,13H2,1H3. The third kappa shape index (κ3) is 2.98. The van der Waals surface area contributed by atoms with E-state index in [1.54, 1.807) is 0 Å². The van der Waals surface area contributed by atoms with Crippen molar-refractivity contribution in [2.24, 2.45) is 0 Å². The fourth-order valence-corrected chi connectivity index (χ4v) is 4.28. The van der Waals surface area contributed by atoms with Crippen molar-refractivity contribution in [3.05, 3.63) is 29.8 Å². The molecule has 0 radical (unpaired) electrons. The first-order valence-electron chi connectivity index (χ1n) is 5.69. The van der Waals surface area contributed by atoms with E-state index in [4.69, 9.17) is 5.73 Å². The minimum Gasteiger partial charge on any atom is -0.398 e. The molecule has 0 bridgehead atoms. The predicted octanol–water partition coefficient (Wildman–Crippen LogP) is 0.936. The Balaban J connectivity index is 2.02. The van der Waals surface area contributed by atoms with Crippen LogP contribution in [0.25, 0.3) is 0 Å². The molecule has 17 heavy (non-hydrogen) atoms. The van der Waals surface area contributed by atoms with Crippen LogP contribution in [0.3, 0.4) is 0 Å². The lowest BCUT2D eigenvalue weighted by molar-refractivity contribution is 0.396. The van der Waals surface area contributed by atoms with Crippen molar-refractivity contribution in [2.45, 2.75) is 25.4 Å². The Bertz CT molecular complexity index is 513. The fourth-order valence-electron chi connectivity index (χ4n) is 2.15. The Kier molecular flexibility index (Phi) is 3.14. The Morgan fingerprint density at radius 2 is 2.12 bits per heavy atom. The van der Waals surface area contributed by atoms with Gasteiger partial charge in [0.05, 0.1) is 11.5 Å². The van der Waals surface area contributed by atoms with Crippen LogP contribution in [-0.4, -0.2) is 25.5 Å². The maximum Gasteiger partial charge on any atom is 0.152 e. The minimum atomic E-state index is -2.86. The Morgan fingerprint density at radius 1 is 1.41 bits per heavy atom. The average molecular weight is 254 g/mol. The van der Waals surface area contributed by atoms with Crippen LogP contribution in [0.1, 0.15) is 18.9 Å². The molecule has 0 aromatic heterocycles. The molecule has 0 spiro atoms. The van der Waals surface area contributed by atoms with Crippen LogP contribution in [0.5, 0.6) is 0 Å².